The zero-order chi connectivity index (χ0) is 20.9. The van der Waals surface area contributed by atoms with E-state index in [2.05, 4.69) is 34.9 Å². The number of thiophene rings is 1. The van der Waals surface area contributed by atoms with Crippen molar-refractivity contribution in [3.8, 4) is 0 Å². The van der Waals surface area contributed by atoms with Gasteiger partial charge in [-0.2, -0.15) is 0 Å². The molecule has 29 heavy (non-hydrogen) atoms. The molecule has 0 saturated carbocycles. The van der Waals surface area contributed by atoms with Crippen molar-refractivity contribution in [2.24, 2.45) is 0 Å². The van der Waals surface area contributed by atoms with Crippen LogP contribution in [-0.4, -0.2) is 44.9 Å². The van der Waals surface area contributed by atoms with Crippen molar-refractivity contribution < 1.29 is 13.2 Å². The Kier molecular flexibility index (Phi) is 7.10. The Labute approximate surface area is 176 Å². The van der Waals surface area contributed by atoms with Gasteiger partial charge in [-0.05, 0) is 62.4 Å². The van der Waals surface area contributed by atoms with Crippen molar-refractivity contribution >= 4 is 33.0 Å². The Morgan fingerprint density at radius 2 is 1.86 bits per heavy atom. The molecule has 156 valence electrons. The number of anilines is 1. The first-order valence-corrected chi connectivity index (χ1v) is 12.0. The summed E-state index contributed by atoms with van der Waals surface area (Å²) in [7, 11) is -3.58. The molecule has 2 heterocycles. The number of piperidine rings is 1. The monoisotopic (exact) mass is 433 g/mol. The summed E-state index contributed by atoms with van der Waals surface area (Å²) in [6, 6.07) is 9.93. The van der Waals surface area contributed by atoms with Gasteiger partial charge < -0.3 is 5.32 Å². The highest BCUT2D eigenvalue weighted by Crippen LogP contribution is 2.20. The predicted octanol–water partition coefficient (Wildman–Crippen LogP) is 3.71. The van der Waals surface area contributed by atoms with Crippen molar-refractivity contribution in [2.45, 2.75) is 36.9 Å². The molecule has 0 aliphatic carbocycles. The van der Waals surface area contributed by atoms with Crippen LogP contribution < -0.4 is 10.0 Å². The molecular weight excluding hydrogens is 406 g/mol. The van der Waals surface area contributed by atoms with E-state index in [-0.39, 0.29) is 16.2 Å². The van der Waals surface area contributed by atoms with Gasteiger partial charge >= 0.3 is 0 Å². The summed E-state index contributed by atoms with van der Waals surface area (Å²) in [6.45, 7) is 7.11. The molecule has 0 spiro atoms. The maximum Gasteiger partial charge on any atom is 0.271 e. The minimum absolute atomic E-state index is 0.125. The lowest BCUT2D eigenvalue weighted by Crippen LogP contribution is -2.44. The molecule has 3 rings (SSSR count). The fourth-order valence-electron chi connectivity index (χ4n) is 3.15. The third-order valence-electron chi connectivity index (χ3n) is 4.84. The third-order valence-corrected chi connectivity index (χ3v) is 7.62. The van der Waals surface area contributed by atoms with Crippen LogP contribution in [0.1, 0.15) is 37.0 Å². The lowest BCUT2D eigenvalue weighted by atomic mass is 10.0. The zero-order valence-corrected chi connectivity index (χ0v) is 18.4. The normalized spacial score (nSPS) is 15.7. The second-order valence-corrected chi connectivity index (χ2v) is 10.3. The third kappa shape index (κ3) is 6.16. The number of nitrogens with one attached hydrogen (secondary N) is 2. The number of carbonyl (C=O) groups is 1. The Morgan fingerprint density at radius 1 is 1.17 bits per heavy atom. The van der Waals surface area contributed by atoms with Crippen LogP contribution in [0.5, 0.6) is 0 Å². The molecule has 2 N–H and O–H groups in total. The number of carbonyl (C=O) groups excluding carboxylic acids is 1. The molecule has 0 atom stereocenters. The summed E-state index contributed by atoms with van der Waals surface area (Å²) in [4.78, 5) is 14.9. The van der Waals surface area contributed by atoms with E-state index >= 15 is 0 Å². The van der Waals surface area contributed by atoms with Gasteiger partial charge in [0.25, 0.3) is 15.9 Å². The first kappa shape index (κ1) is 21.5. The highest BCUT2D eigenvalue weighted by molar-refractivity contribution is 7.94. The first-order valence-electron chi connectivity index (χ1n) is 9.66. The number of hydrogen-bond acceptors (Lipinski definition) is 5. The SMILES string of the molecule is CC(C)=CCN1CCC(NC(=O)c2ccc(NS(=O)(=O)c3cccs3)cc2)CC1. The number of allylic oxidation sites excluding steroid dienone is 1. The summed E-state index contributed by atoms with van der Waals surface area (Å²) in [5.41, 5.74) is 2.28. The zero-order valence-electron chi connectivity index (χ0n) is 16.7. The quantitative estimate of drug-likeness (QED) is 0.653. The lowest BCUT2D eigenvalue weighted by molar-refractivity contribution is 0.0914. The maximum atomic E-state index is 12.5. The molecule has 1 aliphatic heterocycles. The molecule has 1 saturated heterocycles. The van der Waals surface area contributed by atoms with Crippen molar-refractivity contribution in [1.29, 1.82) is 0 Å². The molecule has 8 heteroatoms. The van der Waals surface area contributed by atoms with E-state index in [9.17, 15) is 13.2 Å². The van der Waals surface area contributed by atoms with Crippen LogP contribution in [-0.2, 0) is 10.0 Å². The number of hydrogen-bond donors (Lipinski definition) is 2. The average molecular weight is 434 g/mol. The molecule has 1 aliphatic rings. The van der Waals surface area contributed by atoms with E-state index in [0.717, 1.165) is 43.8 Å². The standard InChI is InChI=1S/C21H27N3O3S2/c1-16(2)9-12-24-13-10-18(11-14-24)22-21(25)17-5-7-19(8-6-17)23-29(26,27)20-4-3-15-28-20/h3-9,15,18,23H,10-14H2,1-2H3,(H,22,25). The molecule has 2 aromatic rings. The average Bonchev–Trinajstić information content (AvgIpc) is 3.23. The fourth-order valence-corrected chi connectivity index (χ4v) is 5.20. The van der Waals surface area contributed by atoms with Crippen LogP contribution in [0, 0.1) is 0 Å². The van der Waals surface area contributed by atoms with Gasteiger partial charge in [0.2, 0.25) is 0 Å². The van der Waals surface area contributed by atoms with E-state index in [4.69, 9.17) is 0 Å². The van der Waals surface area contributed by atoms with Crippen LogP contribution in [0.25, 0.3) is 0 Å². The number of sulfonamides is 1. The van der Waals surface area contributed by atoms with Gasteiger partial charge in [-0.1, -0.05) is 17.7 Å². The summed E-state index contributed by atoms with van der Waals surface area (Å²) in [5, 5.41) is 4.81. The molecule has 1 aromatic carbocycles. The molecule has 0 unspecified atom stereocenters. The Bertz CT molecular complexity index is 940. The summed E-state index contributed by atoms with van der Waals surface area (Å²) in [5.74, 6) is -0.125. The maximum absolute atomic E-state index is 12.5. The second kappa shape index (κ2) is 9.56. The van der Waals surface area contributed by atoms with Crippen LogP contribution in [0.3, 0.4) is 0 Å². The number of amides is 1. The number of nitrogens with zero attached hydrogens (tertiary/aromatic N) is 1. The van der Waals surface area contributed by atoms with Crippen molar-refractivity contribution in [2.75, 3.05) is 24.4 Å². The summed E-state index contributed by atoms with van der Waals surface area (Å²) >= 11 is 1.16. The molecule has 1 aromatic heterocycles. The molecule has 0 radical (unpaired) electrons. The van der Waals surface area contributed by atoms with E-state index in [1.807, 2.05) is 0 Å². The Balaban J connectivity index is 1.51. The van der Waals surface area contributed by atoms with Gasteiger partial charge in [-0.3, -0.25) is 14.4 Å². The van der Waals surface area contributed by atoms with Crippen molar-refractivity contribution in [3.05, 3.63) is 59.0 Å². The first-order chi connectivity index (χ1) is 13.8. The van der Waals surface area contributed by atoms with Crippen LogP contribution >= 0.6 is 11.3 Å². The Hall–Kier alpha value is -2.16. The van der Waals surface area contributed by atoms with Crippen molar-refractivity contribution in [3.63, 3.8) is 0 Å². The number of likely N-dealkylation sites (tertiary alicyclic amines) is 1. The van der Waals surface area contributed by atoms with Crippen molar-refractivity contribution in [1.82, 2.24) is 10.2 Å². The van der Waals surface area contributed by atoms with Gasteiger partial charge in [0.05, 0.1) is 0 Å². The smallest absolute Gasteiger partial charge is 0.271 e. The molecule has 1 fully saturated rings. The van der Waals surface area contributed by atoms with Gasteiger partial charge in [-0.25, -0.2) is 8.42 Å². The van der Waals surface area contributed by atoms with E-state index in [1.54, 1.807) is 41.8 Å². The minimum Gasteiger partial charge on any atom is -0.349 e. The highest BCUT2D eigenvalue weighted by Gasteiger charge is 2.21. The summed E-state index contributed by atoms with van der Waals surface area (Å²) < 4.78 is 27.3. The van der Waals surface area contributed by atoms with Gasteiger partial charge in [0.1, 0.15) is 4.21 Å². The van der Waals surface area contributed by atoms with E-state index in [0.29, 0.717) is 11.3 Å². The molecule has 6 nitrogen and oxygen atoms in total. The lowest BCUT2D eigenvalue weighted by Gasteiger charge is -2.31. The van der Waals surface area contributed by atoms with Gasteiger partial charge in [0, 0.05) is 36.9 Å². The minimum atomic E-state index is -3.58. The molecule has 0 bridgehead atoms. The fraction of sp³-hybridized carbons (Fsp3) is 0.381. The van der Waals surface area contributed by atoms with Gasteiger partial charge in [0.15, 0.2) is 0 Å². The second-order valence-electron chi connectivity index (χ2n) is 7.44. The van der Waals surface area contributed by atoms with Gasteiger partial charge in [-0.15, -0.1) is 11.3 Å². The number of benzene rings is 1. The van der Waals surface area contributed by atoms with E-state index < -0.39 is 10.0 Å². The predicted molar refractivity (Wildman–Crippen MR) is 118 cm³/mol. The van der Waals surface area contributed by atoms with Crippen LogP contribution in [0.2, 0.25) is 0 Å². The van der Waals surface area contributed by atoms with Crippen LogP contribution in [0.4, 0.5) is 5.69 Å². The van der Waals surface area contributed by atoms with E-state index in [1.165, 1.54) is 5.57 Å². The topological polar surface area (TPSA) is 78.5 Å². The number of rotatable bonds is 7. The summed E-state index contributed by atoms with van der Waals surface area (Å²) in [6.07, 6.45) is 4.09. The molecule has 1 amide bonds. The molecular formula is C21H27N3O3S2. The van der Waals surface area contributed by atoms with Crippen LogP contribution in [0.15, 0.2) is 57.6 Å². The largest absolute Gasteiger partial charge is 0.349 e. The highest BCUT2D eigenvalue weighted by atomic mass is 32.2. The Morgan fingerprint density at radius 3 is 2.45 bits per heavy atom.